The van der Waals surface area contributed by atoms with Crippen LogP contribution >= 0.6 is 11.3 Å². The molecule has 20 heavy (non-hydrogen) atoms. The number of hydrogen-bond acceptors (Lipinski definition) is 3. The molecule has 1 unspecified atom stereocenters. The van der Waals surface area contributed by atoms with Gasteiger partial charge in [0.1, 0.15) is 0 Å². The molecule has 2 heterocycles. The molecule has 1 aromatic heterocycles. The van der Waals surface area contributed by atoms with Gasteiger partial charge in [0.2, 0.25) is 5.91 Å². The van der Waals surface area contributed by atoms with Gasteiger partial charge >= 0.3 is 0 Å². The summed E-state index contributed by atoms with van der Waals surface area (Å²) in [5, 5.41) is 2.17. The fourth-order valence-corrected chi connectivity index (χ4v) is 4.12. The Kier molecular flexibility index (Phi) is 3.87. The molecular weight excluding hydrogens is 268 g/mol. The lowest BCUT2D eigenvalue weighted by Crippen LogP contribution is -2.50. The van der Waals surface area contributed by atoms with E-state index in [0.29, 0.717) is 12.0 Å². The maximum absolute atomic E-state index is 12.8. The second-order valence-electron chi connectivity index (χ2n) is 6.27. The molecule has 0 saturated heterocycles. The zero-order chi connectivity index (χ0) is 14.3. The summed E-state index contributed by atoms with van der Waals surface area (Å²) in [7, 11) is 0. The summed E-state index contributed by atoms with van der Waals surface area (Å²) < 4.78 is 0. The van der Waals surface area contributed by atoms with Crippen molar-refractivity contribution in [3.8, 4) is 0 Å². The molecule has 0 spiro atoms. The van der Waals surface area contributed by atoms with Crippen molar-refractivity contribution in [1.29, 1.82) is 0 Å². The first kappa shape index (κ1) is 14.1. The predicted molar refractivity (Wildman–Crippen MR) is 82.6 cm³/mol. The Morgan fingerprint density at radius 1 is 1.55 bits per heavy atom. The molecule has 1 aromatic rings. The first-order valence-electron chi connectivity index (χ1n) is 7.75. The molecular formula is C16H24N2OS. The number of carbonyl (C=O) groups is 1. The van der Waals surface area contributed by atoms with Crippen LogP contribution in [0.1, 0.15) is 49.6 Å². The molecule has 2 aliphatic rings. The normalized spacial score (nSPS) is 25.1. The van der Waals surface area contributed by atoms with Crippen LogP contribution in [0.2, 0.25) is 0 Å². The first-order chi connectivity index (χ1) is 9.63. The zero-order valence-electron chi connectivity index (χ0n) is 12.3. The van der Waals surface area contributed by atoms with Crippen molar-refractivity contribution >= 4 is 17.2 Å². The smallest absolute Gasteiger partial charge is 0.240 e. The van der Waals surface area contributed by atoms with Gasteiger partial charge in [0, 0.05) is 11.4 Å². The Labute approximate surface area is 125 Å². The second kappa shape index (κ2) is 5.49. The molecule has 1 fully saturated rings. The van der Waals surface area contributed by atoms with Crippen molar-refractivity contribution in [3.05, 3.63) is 21.9 Å². The van der Waals surface area contributed by atoms with Gasteiger partial charge in [-0.15, -0.1) is 11.3 Å². The number of nitrogens with zero attached hydrogens (tertiary/aromatic N) is 1. The van der Waals surface area contributed by atoms with Gasteiger partial charge in [0.05, 0.1) is 12.1 Å². The quantitative estimate of drug-likeness (QED) is 0.927. The molecule has 1 aliphatic heterocycles. The van der Waals surface area contributed by atoms with Gasteiger partial charge in [-0.1, -0.05) is 20.3 Å². The Bertz CT molecular complexity index is 494. The lowest BCUT2D eigenvalue weighted by molar-refractivity contribution is -0.137. The summed E-state index contributed by atoms with van der Waals surface area (Å²) in [4.78, 5) is 16.3. The van der Waals surface area contributed by atoms with Crippen molar-refractivity contribution in [1.82, 2.24) is 4.90 Å². The highest BCUT2D eigenvalue weighted by Crippen LogP contribution is 2.48. The number of amides is 1. The number of thiophene rings is 1. The van der Waals surface area contributed by atoms with Crippen LogP contribution in [-0.2, 0) is 11.2 Å². The van der Waals surface area contributed by atoms with Gasteiger partial charge in [-0.25, -0.2) is 0 Å². The molecule has 2 N–H and O–H groups in total. The van der Waals surface area contributed by atoms with Crippen molar-refractivity contribution in [3.63, 3.8) is 0 Å². The molecule has 0 aromatic carbocycles. The highest BCUT2D eigenvalue weighted by atomic mass is 32.1. The zero-order valence-corrected chi connectivity index (χ0v) is 13.2. The highest BCUT2D eigenvalue weighted by Gasteiger charge is 2.43. The molecule has 1 amide bonds. The van der Waals surface area contributed by atoms with Crippen LogP contribution in [-0.4, -0.2) is 23.4 Å². The maximum Gasteiger partial charge on any atom is 0.240 e. The van der Waals surface area contributed by atoms with Crippen LogP contribution in [0.3, 0.4) is 0 Å². The average Bonchev–Trinajstić information content (AvgIpc) is 3.20. The molecule has 4 heteroatoms. The highest BCUT2D eigenvalue weighted by molar-refractivity contribution is 7.10. The number of rotatable bonds is 4. The molecule has 3 nitrogen and oxygen atoms in total. The Hall–Kier alpha value is -0.870. The third kappa shape index (κ3) is 2.40. The van der Waals surface area contributed by atoms with Crippen LogP contribution in [0.4, 0.5) is 0 Å². The van der Waals surface area contributed by atoms with Gasteiger partial charge in [0.25, 0.3) is 0 Å². The fraction of sp³-hybridized carbons (Fsp3) is 0.688. The van der Waals surface area contributed by atoms with Crippen LogP contribution < -0.4 is 5.73 Å². The summed E-state index contributed by atoms with van der Waals surface area (Å²) >= 11 is 1.84. The lowest BCUT2D eigenvalue weighted by atomic mass is 9.92. The fourth-order valence-electron chi connectivity index (χ4n) is 3.20. The van der Waals surface area contributed by atoms with E-state index in [1.807, 2.05) is 11.3 Å². The van der Waals surface area contributed by atoms with Crippen molar-refractivity contribution < 1.29 is 4.79 Å². The Morgan fingerprint density at radius 2 is 2.30 bits per heavy atom. The van der Waals surface area contributed by atoms with Gasteiger partial charge in [0.15, 0.2) is 0 Å². The van der Waals surface area contributed by atoms with Crippen molar-refractivity contribution in [2.45, 2.75) is 51.6 Å². The molecule has 110 valence electrons. The van der Waals surface area contributed by atoms with Gasteiger partial charge in [-0.2, -0.15) is 0 Å². The number of carbonyl (C=O) groups excluding carboxylic acids is 1. The molecule has 0 radical (unpaired) electrons. The van der Waals surface area contributed by atoms with E-state index in [9.17, 15) is 4.79 Å². The van der Waals surface area contributed by atoms with Crippen LogP contribution in [0.25, 0.3) is 0 Å². The monoisotopic (exact) mass is 292 g/mol. The second-order valence-corrected chi connectivity index (χ2v) is 7.28. The number of hydrogen-bond donors (Lipinski definition) is 1. The Morgan fingerprint density at radius 3 is 2.95 bits per heavy atom. The Balaban J connectivity index is 1.84. The van der Waals surface area contributed by atoms with Crippen molar-refractivity contribution in [2.24, 2.45) is 17.6 Å². The summed E-state index contributed by atoms with van der Waals surface area (Å²) in [6.07, 6.45) is 4.46. The first-order valence-corrected chi connectivity index (χ1v) is 8.63. The van der Waals surface area contributed by atoms with E-state index >= 15 is 0 Å². The minimum Gasteiger partial charge on any atom is -0.334 e. The molecule has 0 bridgehead atoms. The van der Waals surface area contributed by atoms with Crippen LogP contribution in [0.15, 0.2) is 11.4 Å². The largest absolute Gasteiger partial charge is 0.334 e. The van der Waals surface area contributed by atoms with E-state index in [0.717, 1.165) is 19.4 Å². The maximum atomic E-state index is 12.8. The SMILES string of the molecule is CC[C@H](C)[C@H](N)C(=O)N1CCc2sccc2C1C1CC1. The van der Waals surface area contributed by atoms with E-state index in [1.54, 1.807) is 0 Å². The van der Waals surface area contributed by atoms with Crippen LogP contribution in [0.5, 0.6) is 0 Å². The van der Waals surface area contributed by atoms with Gasteiger partial charge < -0.3 is 10.6 Å². The molecule has 1 saturated carbocycles. The summed E-state index contributed by atoms with van der Waals surface area (Å²) in [5.74, 6) is 1.08. The van der Waals surface area contributed by atoms with E-state index < -0.39 is 0 Å². The summed E-state index contributed by atoms with van der Waals surface area (Å²) in [6.45, 7) is 5.02. The summed E-state index contributed by atoms with van der Waals surface area (Å²) in [5.41, 5.74) is 7.59. The van der Waals surface area contributed by atoms with E-state index in [2.05, 4.69) is 30.2 Å². The standard InChI is InChI=1S/C16H24N2OS/c1-3-10(2)14(17)16(19)18-8-6-13-12(7-9-20-13)15(18)11-4-5-11/h7,9-11,14-15H,3-6,8,17H2,1-2H3/t10-,14-,15?/m0/s1. The molecule has 3 atom stereocenters. The number of fused-ring (bicyclic) bond motifs is 1. The van der Waals surface area contributed by atoms with Crippen molar-refractivity contribution in [2.75, 3.05) is 6.54 Å². The van der Waals surface area contributed by atoms with E-state index in [4.69, 9.17) is 5.73 Å². The minimum atomic E-state index is -0.346. The topological polar surface area (TPSA) is 46.3 Å². The van der Waals surface area contributed by atoms with Gasteiger partial charge in [-0.3, -0.25) is 4.79 Å². The average molecular weight is 292 g/mol. The minimum absolute atomic E-state index is 0.160. The molecule has 3 rings (SSSR count). The van der Waals surface area contributed by atoms with E-state index in [1.165, 1.54) is 23.3 Å². The third-order valence-corrected chi connectivity index (χ3v) is 5.90. The van der Waals surface area contributed by atoms with E-state index in [-0.39, 0.29) is 17.9 Å². The third-order valence-electron chi connectivity index (χ3n) is 4.91. The number of nitrogens with two attached hydrogens (primary N) is 1. The lowest BCUT2D eigenvalue weighted by Gasteiger charge is -2.38. The van der Waals surface area contributed by atoms with Gasteiger partial charge in [-0.05, 0) is 48.1 Å². The van der Waals surface area contributed by atoms with Crippen LogP contribution in [0, 0.1) is 11.8 Å². The summed E-state index contributed by atoms with van der Waals surface area (Å²) in [6, 6.07) is 2.17. The predicted octanol–water partition coefficient (Wildman–Crippen LogP) is 2.96. The molecule has 1 aliphatic carbocycles.